The molecule has 124 valence electrons. The van der Waals surface area contributed by atoms with Crippen LogP contribution in [0, 0.1) is 0 Å². The fourth-order valence-corrected chi connectivity index (χ4v) is 2.38. The van der Waals surface area contributed by atoms with Crippen molar-refractivity contribution in [1.29, 1.82) is 0 Å². The van der Waals surface area contributed by atoms with Gasteiger partial charge in [-0.1, -0.05) is 12.1 Å². The molecule has 8 nitrogen and oxygen atoms in total. The summed E-state index contributed by atoms with van der Waals surface area (Å²) in [5.74, 6) is 0.880. The quantitative estimate of drug-likeness (QED) is 0.754. The minimum Gasteiger partial charge on any atom is -0.378 e. The SMILES string of the molecule is CCN1CCOCC1C(=O)N(C)Cc1nc(C(C)OC)no1. The van der Waals surface area contributed by atoms with E-state index >= 15 is 0 Å². The molecule has 1 fully saturated rings. The molecule has 1 aliphatic rings. The summed E-state index contributed by atoms with van der Waals surface area (Å²) in [5.41, 5.74) is 0. The molecule has 1 amide bonds. The van der Waals surface area contributed by atoms with E-state index in [0.717, 1.165) is 13.1 Å². The van der Waals surface area contributed by atoms with Crippen molar-refractivity contribution < 1.29 is 18.8 Å². The maximum Gasteiger partial charge on any atom is 0.246 e. The van der Waals surface area contributed by atoms with E-state index < -0.39 is 0 Å². The molecule has 22 heavy (non-hydrogen) atoms. The minimum atomic E-state index is -0.246. The van der Waals surface area contributed by atoms with Gasteiger partial charge in [-0.25, -0.2) is 0 Å². The molecule has 0 saturated carbocycles. The highest BCUT2D eigenvalue weighted by atomic mass is 16.5. The third kappa shape index (κ3) is 3.82. The Kier molecular flexibility index (Phi) is 5.87. The molecule has 0 spiro atoms. The number of hydrogen-bond acceptors (Lipinski definition) is 7. The first-order chi connectivity index (χ1) is 10.6. The Morgan fingerprint density at radius 1 is 1.59 bits per heavy atom. The van der Waals surface area contributed by atoms with E-state index in [1.165, 1.54) is 0 Å². The topological polar surface area (TPSA) is 80.9 Å². The highest BCUT2D eigenvalue weighted by Crippen LogP contribution is 2.14. The zero-order valence-electron chi connectivity index (χ0n) is 13.6. The third-order valence-corrected chi connectivity index (χ3v) is 3.88. The second kappa shape index (κ2) is 7.66. The fraction of sp³-hybridized carbons (Fsp3) is 0.786. The molecule has 2 unspecified atom stereocenters. The number of morpholine rings is 1. The number of aromatic nitrogens is 2. The summed E-state index contributed by atoms with van der Waals surface area (Å²) in [7, 11) is 3.31. The van der Waals surface area contributed by atoms with Crippen molar-refractivity contribution in [2.24, 2.45) is 0 Å². The molecular weight excluding hydrogens is 288 g/mol. The Morgan fingerprint density at radius 2 is 2.36 bits per heavy atom. The zero-order chi connectivity index (χ0) is 16.1. The molecule has 8 heteroatoms. The molecular formula is C14H24N4O4. The van der Waals surface area contributed by atoms with Crippen LogP contribution in [0.4, 0.5) is 0 Å². The Hall–Kier alpha value is -1.51. The molecule has 1 aromatic rings. The van der Waals surface area contributed by atoms with Crippen LogP contribution >= 0.6 is 0 Å². The highest BCUT2D eigenvalue weighted by Gasteiger charge is 2.31. The first-order valence-corrected chi connectivity index (χ1v) is 7.48. The van der Waals surface area contributed by atoms with Gasteiger partial charge in [-0.3, -0.25) is 9.69 Å². The van der Waals surface area contributed by atoms with Crippen LogP contribution < -0.4 is 0 Å². The number of ether oxygens (including phenoxy) is 2. The lowest BCUT2D eigenvalue weighted by atomic mass is 10.2. The van der Waals surface area contributed by atoms with Crippen molar-refractivity contribution in [2.75, 3.05) is 40.5 Å². The van der Waals surface area contributed by atoms with E-state index in [0.29, 0.717) is 24.9 Å². The zero-order valence-corrected chi connectivity index (χ0v) is 13.6. The van der Waals surface area contributed by atoms with Crippen LogP contribution in [-0.2, 0) is 20.8 Å². The maximum atomic E-state index is 12.6. The molecule has 0 N–H and O–H groups in total. The lowest BCUT2D eigenvalue weighted by Gasteiger charge is -2.35. The summed E-state index contributed by atoms with van der Waals surface area (Å²) < 4.78 is 15.7. The average Bonchev–Trinajstić information content (AvgIpc) is 3.01. The van der Waals surface area contributed by atoms with Crippen LogP contribution in [0.2, 0.25) is 0 Å². The molecule has 1 aromatic heterocycles. The van der Waals surface area contributed by atoms with Crippen molar-refractivity contribution in [1.82, 2.24) is 19.9 Å². The average molecular weight is 312 g/mol. The summed E-state index contributed by atoms with van der Waals surface area (Å²) in [6.45, 7) is 6.84. The van der Waals surface area contributed by atoms with Gasteiger partial charge in [0, 0.05) is 20.7 Å². The number of hydrogen-bond donors (Lipinski definition) is 0. The standard InChI is InChI=1S/C14H24N4O4/c1-5-18-6-7-21-9-11(18)14(19)17(3)8-12-15-13(16-22-12)10(2)20-4/h10-11H,5-9H2,1-4H3. The molecule has 1 saturated heterocycles. The third-order valence-electron chi connectivity index (χ3n) is 3.88. The first kappa shape index (κ1) is 16.9. The minimum absolute atomic E-state index is 0.00101. The van der Waals surface area contributed by atoms with Gasteiger partial charge in [0.25, 0.3) is 0 Å². The van der Waals surface area contributed by atoms with Gasteiger partial charge in [0.15, 0.2) is 5.82 Å². The number of rotatable bonds is 6. The number of carbonyl (C=O) groups is 1. The van der Waals surface area contributed by atoms with Gasteiger partial charge in [0.05, 0.1) is 19.8 Å². The molecule has 2 rings (SSSR count). The van der Waals surface area contributed by atoms with Crippen molar-refractivity contribution in [3.8, 4) is 0 Å². The van der Waals surface area contributed by atoms with Crippen molar-refractivity contribution in [2.45, 2.75) is 32.5 Å². The predicted octanol–water partition coefficient (Wildman–Crippen LogP) is 0.456. The second-order valence-corrected chi connectivity index (χ2v) is 5.34. The lowest BCUT2D eigenvalue weighted by molar-refractivity contribution is -0.142. The first-order valence-electron chi connectivity index (χ1n) is 7.48. The Morgan fingerprint density at radius 3 is 3.05 bits per heavy atom. The van der Waals surface area contributed by atoms with Gasteiger partial charge in [-0.05, 0) is 13.5 Å². The predicted molar refractivity (Wildman–Crippen MR) is 78.1 cm³/mol. The molecule has 2 heterocycles. The van der Waals surface area contributed by atoms with Crippen LogP contribution in [-0.4, -0.2) is 72.4 Å². The van der Waals surface area contributed by atoms with E-state index in [2.05, 4.69) is 15.0 Å². The number of carbonyl (C=O) groups excluding carboxylic acids is 1. The number of amides is 1. The van der Waals surface area contributed by atoms with Crippen LogP contribution in [0.5, 0.6) is 0 Å². The van der Waals surface area contributed by atoms with Crippen LogP contribution in [0.3, 0.4) is 0 Å². The van der Waals surface area contributed by atoms with E-state index in [-0.39, 0.29) is 24.6 Å². The van der Waals surface area contributed by atoms with E-state index in [1.807, 2.05) is 13.8 Å². The van der Waals surface area contributed by atoms with Crippen LogP contribution in [0.15, 0.2) is 4.52 Å². The van der Waals surface area contributed by atoms with Crippen molar-refractivity contribution in [3.05, 3.63) is 11.7 Å². The Labute approximate surface area is 130 Å². The van der Waals surface area contributed by atoms with Crippen LogP contribution in [0.1, 0.15) is 31.7 Å². The molecule has 0 aliphatic carbocycles. The van der Waals surface area contributed by atoms with Gasteiger partial charge >= 0.3 is 0 Å². The summed E-state index contributed by atoms with van der Waals surface area (Å²) in [6.07, 6.45) is -0.235. The van der Waals surface area contributed by atoms with E-state index in [9.17, 15) is 4.79 Å². The van der Waals surface area contributed by atoms with Gasteiger partial charge in [-0.2, -0.15) is 4.98 Å². The monoisotopic (exact) mass is 312 g/mol. The maximum absolute atomic E-state index is 12.6. The van der Waals surface area contributed by atoms with Gasteiger partial charge in [0.1, 0.15) is 12.1 Å². The van der Waals surface area contributed by atoms with Gasteiger partial charge in [-0.15, -0.1) is 0 Å². The molecule has 1 aliphatic heterocycles. The summed E-state index contributed by atoms with van der Waals surface area (Å²) in [6, 6.07) is -0.246. The van der Waals surface area contributed by atoms with Gasteiger partial charge < -0.3 is 18.9 Å². The van der Waals surface area contributed by atoms with E-state index in [4.69, 9.17) is 14.0 Å². The van der Waals surface area contributed by atoms with Crippen LogP contribution in [0.25, 0.3) is 0 Å². The number of likely N-dealkylation sites (N-methyl/N-ethyl adjacent to an activating group) is 2. The Balaban J connectivity index is 1.97. The molecule has 0 radical (unpaired) electrons. The number of nitrogens with zero attached hydrogens (tertiary/aromatic N) is 4. The number of methoxy groups -OCH3 is 1. The molecule has 2 atom stereocenters. The van der Waals surface area contributed by atoms with Crippen molar-refractivity contribution in [3.63, 3.8) is 0 Å². The van der Waals surface area contributed by atoms with Crippen molar-refractivity contribution >= 4 is 5.91 Å². The lowest BCUT2D eigenvalue weighted by Crippen LogP contribution is -2.53. The molecule has 0 aromatic carbocycles. The Bertz CT molecular complexity index is 493. The second-order valence-electron chi connectivity index (χ2n) is 5.34. The fourth-order valence-electron chi connectivity index (χ4n) is 2.38. The van der Waals surface area contributed by atoms with Gasteiger partial charge in [0.2, 0.25) is 11.8 Å². The smallest absolute Gasteiger partial charge is 0.246 e. The van der Waals surface area contributed by atoms with E-state index in [1.54, 1.807) is 19.1 Å². The highest BCUT2D eigenvalue weighted by molar-refractivity contribution is 5.81. The normalized spacial score (nSPS) is 20.8. The summed E-state index contributed by atoms with van der Waals surface area (Å²) in [4.78, 5) is 20.5. The largest absolute Gasteiger partial charge is 0.378 e. The molecule has 0 bridgehead atoms. The summed E-state index contributed by atoms with van der Waals surface area (Å²) in [5, 5.41) is 3.86. The summed E-state index contributed by atoms with van der Waals surface area (Å²) >= 11 is 0.